The minimum Gasteiger partial charge on any atom is -0.493 e. The molecular formula is C22H25N3O7. The number of nitrogens with zero attached hydrogens (tertiary/aromatic N) is 2. The summed E-state index contributed by atoms with van der Waals surface area (Å²) >= 11 is 0. The van der Waals surface area contributed by atoms with Crippen molar-refractivity contribution in [2.45, 2.75) is 40.4 Å². The molecule has 0 spiro atoms. The smallest absolute Gasteiger partial charge is 0.342 e. The SMILES string of the molecule is CCOC(=O)c1c(C)oc2nc(COC(=O)c3ccc(OC(C)C)c(OC)c3)nc(N)c12. The van der Waals surface area contributed by atoms with Crippen LogP contribution in [0.4, 0.5) is 5.82 Å². The summed E-state index contributed by atoms with van der Waals surface area (Å²) in [7, 11) is 1.49. The van der Waals surface area contributed by atoms with E-state index in [1.807, 2.05) is 13.8 Å². The van der Waals surface area contributed by atoms with E-state index in [2.05, 4.69) is 9.97 Å². The first-order valence-corrected chi connectivity index (χ1v) is 9.99. The normalized spacial score (nSPS) is 10.9. The quantitative estimate of drug-likeness (QED) is 0.515. The van der Waals surface area contributed by atoms with Gasteiger partial charge in [0.15, 0.2) is 23.9 Å². The molecule has 10 heteroatoms. The van der Waals surface area contributed by atoms with Gasteiger partial charge in [0.2, 0.25) is 5.71 Å². The maximum atomic E-state index is 12.5. The molecule has 0 saturated heterocycles. The number of carbonyl (C=O) groups excluding carboxylic acids is 2. The Morgan fingerprint density at radius 3 is 2.53 bits per heavy atom. The maximum Gasteiger partial charge on any atom is 0.342 e. The van der Waals surface area contributed by atoms with Crippen molar-refractivity contribution in [1.29, 1.82) is 0 Å². The van der Waals surface area contributed by atoms with Gasteiger partial charge in [-0.15, -0.1) is 0 Å². The van der Waals surface area contributed by atoms with E-state index in [1.165, 1.54) is 13.2 Å². The first-order chi connectivity index (χ1) is 15.2. The Bertz CT molecular complexity index is 1150. The molecule has 170 valence electrons. The van der Waals surface area contributed by atoms with Gasteiger partial charge in [0.05, 0.1) is 30.8 Å². The van der Waals surface area contributed by atoms with Gasteiger partial charge in [0.1, 0.15) is 17.1 Å². The molecule has 0 bridgehead atoms. The monoisotopic (exact) mass is 443 g/mol. The predicted octanol–water partition coefficient (Wildman–Crippen LogP) is 3.44. The van der Waals surface area contributed by atoms with Gasteiger partial charge in [-0.2, -0.15) is 4.98 Å². The predicted molar refractivity (Wildman–Crippen MR) is 115 cm³/mol. The Kier molecular flexibility index (Phi) is 6.82. The van der Waals surface area contributed by atoms with Crippen molar-refractivity contribution in [2.24, 2.45) is 0 Å². The van der Waals surface area contributed by atoms with E-state index in [-0.39, 0.29) is 53.2 Å². The highest BCUT2D eigenvalue weighted by Gasteiger charge is 2.24. The number of furan rings is 1. The van der Waals surface area contributed by atoms with Crippen LogP contribution >= 0.6 is 0 Å². The minimum absolute atomic E-state index is 0.0257. The number of hydrogen-bond donors (Lipinski definition) is 1. The van der Waals surface area contributed by atoms with Crippen LogP contribution in [0.2, 0.25) is 0 Å². The van der Waals surface area contributed by atoms with Crippen molar-refractivity contribution in [3.8, 4) is 11.5 Å². The number of carbonyl (C=O) groups is 2. The van der Waals surface area contributed by atoms with Crippen molar-refractivity contribution >= 4 is 28.9 Å². The van der Waals surface area contributed by atoms with Crippen LogP contribution in [0.15, 0.2) is 22.6 Å². The van der Waals surface area contributed by atoms with Crippen molar-refractivity contribution in [2.75, 3.05) is 19.5 Å². The second-order valence-corrected chi connectivity index (χ2v) is 7.07. The fourth-order valence-corrected chi connectivity index (χ4v) is 3.06. The third-order valence-electron chi connectivity index (χ3n) is 4.38. The summed E-state index contributed by atoms with van der Waals surface area (Å²) in [6.07, 6.45) is -0.0474. The van der Waals surface area contributed by atoms with Crippen LogP contribution in [0.3, 0.4) is 0 Å². The Morgan fingerprint density at radius 1 is 1.12 bits per heavy atom. The van der Waals surface area contributed by atoms with Gasteiger partial charge in [-0.05, 0) is 45.9 Å². The molecule has 0 aliphatic rings. The van der Waals surface area contributed by atoms with Gasteiger partial charge >= 0.3 is 11.9 Å². The Hall–Kier alpha value is -3.82. The molecule has 10 nitrogen and oxygen atoms in total. The van der Waals surface area contributed by atoms with Crippen LogP contribution in [0, 0.1) is 6.92 Å². The number of hydrogen-bond acceptors (Lipinski definition) is 10. The molecule has 0 fully saturated rings. The number of ether oxygens (including phenoxy) is 4. The number of aromatic nitrogens is 2. The Morgan fingerprint density at radius 2 is 1.88 bits per heavy atom. The van der Waals surface area contributed by atoms with Crippen molar-refractivity contribution in [3.63, 3.8) is 0 Å². The Labute approximate surface area is 184 Å². The molecule has 0 aliphatic carbocycles. The average Bonchev–Trinajstić information content (AvgIpc) is 3.08. The third-order valence-corrected chi connectivity index (χ3v) is 4.38. The lowest BCUT2D eigenvalue weighted by atomic mass is 10.2. The summed E-state index contributed by atoms with van der Waals surface area (Å²) in [5, 5.41) is 0.265. The molecule has 3 rings (SSSR count). The van der Waals surface area contributed by atoms with E-state index in [0.717, 1.165) is 0 Å². The van der Waals surface area contributed by atoms with E-state index in [1.54, 1.807) is 26.0 Å². The van der Waals surface area contributed by atoms with Gasteiger partial charge in [-0.3, -0.25) is 0 Å². The molecule has 0 saturated carbocycles. The molecule has 0 unspecified atom stereocenters. The highest BCUT2D eigenvalue weighted by Crippen LogP contribution is 2.30. The van der Waals surface area contributed by atoms with Crippen molar-refractivity contribution in [1.82, 2.24) is 9.97 Å². The van der Waals surface area contributed by atoms with Gasteiger partial charge in [-0.1, -0.05) is 0 Å². The number of esters is 2. The standard InChI is InChI=1S/C22H25N3O7/c1-6-29-22(27)17-12(4)32-20-18(17)19(23)24-16(25-20)10-30-21(26)13-7-8-14(31-11(2)3)15(9-13)28-5/h7-9,11H,6,10H2,1-5H3,(H2,23,24,25). The molecule has 1 aromatic carbocycles. The molecule has 0 radical (unpaired) electrons. The van der Waals surface area contributed by atoms with E-state index < -0.39 is 11.9 Å². The van der Waals surface area contributed by atoms with Gasteiger partial charge in [0.25, 0.3) is 0 Å². The summed E-state index contributed by atoms with van der Waals surface area (Å²) in [4.78, 5) is 33.1. The van der Waals surface area contributed by atoms with Gasteiger partial charge < -0.3 is 29.1 Å². The molecule has 0 amide bonds. The lowest BCUT2D eigenvalue weighted by molar-refractivity contribution is 0.0460. The molecular weight excluding hydrogens is 418 g/mol. The average molecular weight is 443 g/mol. The largest absolute Gasteiger partial charge is 0.493 e. The van der Waals surface area contributed by atoms with Crippen LogP contribution in [0.1, 0.15) is 53.1 Å². The lowest BCUT2D eigenvalue weighted by Crippen LogP contribution is -2.11. The summed E-state index contributed by atoms with van der Waals surface area (Å²) in [6.45, 7) is 7.03. The third kappa shape index (κ3) is 4.74. The first kappa shape index (κ1) is 22.9. The molecule has 2 N–H and O–H groups in total. The van der Waals surface area contributed by atoms with E-state index in [0.29, 0.717) is 17.3 Å². The highest BCUT2D eigenvalue weighted by atomic mass is 16.5. The molecule has 0 aliphatic heterocycles. The molecule has 2 aromatic heterocycles. The lowest BCUT2D eigenvalue weighted by Gasteiger charge is -2.14. The number of nitrogens with two attached hydrogens (primary N) is 1. The molecule has 0 atom stereocenters. The second-order valence-electron chi connectivity index (χ2n) is 7.07. The van der Waals surface area contributed by atoms with Crippen LogP contribution in [0.5, 0.6) is 11.5 Å². The van der Waals surface area contributed by atoms with Crippen LogP contribution < -0.4 is 15.2 Å². The van der Waals surface area contributed by atoms with Crippen molar-refractivity contribution in [3.05, 3.63) is 40.9 Å². The zero-order valence-electron chi connectivity index (χ0n) is 18.6. The summed E-state index contributed by atoms with van der Waals surface area (Å²) in [5.74, 6) is 0.210. The topological polar surface area (TPSA) is 136 Å². The zero-order chi connectivity index (χ0) is 23.4. The van der Waals surface area contributed by atoms with Crippen LogP contribution in [-0.4, -0.2) is 41.7 Å². The fourth-order valence-electron chi connectivity index (χ4n) is 3.06. The number of anilines is 1. The first-order valence-electron chi connectivity index (χ1n) is 9.99. The van der Waals surface area contributed by atoms with E-state index >= 15 is 0 Å². The van der Waals surface area contributed by atoms with Gasteiger partial charge in [0, 0.05) is 0 Å². The second kappa shape index (κ2) is 9.54. The number of benzene rings is 1. The molecule has 2 heterocycles. The summed E-state index contributed by atoms with van der Waals surface area (Å²) in [5.41, 5.74) is 6.59. The Balaban J connectivity index is 1.79. The van der Waals surface area contributed by atoms with Crippen molar-refractivity contribution < 1.29 is 33.0 Å². The van der Waals surface area contributed by atoms with Gasteiger partial charge in [-0.25, -0.2) is 14.6 Å². The molecule has 3 aromatic rings. The molecule has 32 heavy (non-hydrogen) atoms. The number of fused-ring (bicyclic) bond motifs is 1. The van der Waals surface area contributed by atoms with Crippen LogP contribution in [0.25, 0.3) is 11.1 Å². The number of nitrogen functional groups attached to an aromatic ring is 1. The zero-order valence-corrected chi connectivity index (χ0v) is 18.6. The van der Waals surface area contributed by atoms with Crippen LogP contribution in [-0.2, 0) is 16.1 Å². The summed E-state index contributed by atoms with van der Waals surface area (Å²) < 4.78 is 26.8. The minimum atomic E-state index is -0.607. The highest BCUT2D eigenvalue weighted by molar-refractivity contribution is 6.07. The number of rotatable bonds is 8. The fraction of sp³-hybridized carbons (Fsp3) is 0.364. The number of aryl methyl sites for hydroxylation is 1. The maximum absolute atomic E-state index is 12.5. The van der Waals surface area contributed by atoms with E-state index in [4.69, 9.17) is 29.1 Å². The summed E-state index contributed by atoms with van der Waals surface area (Å²) in [6, 6.07) is 4.74. The van der Waals surface area contributed by atoms with E-state index in [9.17, 15) is 9.59 Å². The number of methoxy groups -OCH3 is 1.